The van der Waals surface area contributed by atoms with Crippen LogP contribution in [0.2, 0.25) is 0 Å². The van der Waals surface area contributed by atoms with Gasteiger partial charge >= 0.3 is 5.97 Å². The minimum absolute atomic E-state index is 0.0473. The molecule has 1 amide bonds. The second kappa shape index (κ2) is 6.01. The maximum Gasteiger partial charge on any atom is 0.346 e. The first kappa shape index (κ1) is 15.5. The molecule has 2 aromatic rings. The lowest BCUT2D eigenvalue weighted by Gasteiger charge is -2.16. The number of carbonyl (C=O) groups is 2. The number of anilines is 1. The summed E-state index contributed by atoms with van der Waals surface area (Å²) in [6, 6.07) is 16.2. The first-order valence-corrected chi connectivity index (χ1v) is 7.37. The topological polar surface area (TPSA) is 81.4 Å². The molecule has 0 spiro atoms. The van der Waals surface area contributed by atoms with Gasteiger partial charge in [-0.15, -0.1) is 0 Å². The van der Waals surface area contributed by atoms with Crippen LogP contribution in [-0.4, -0.2) is 17.0 Å². The van der Waals surface area contributed by atoms with Gasteiger partial charge in [-0.25, -0.2) is 4.79 Å². The molecule has 1 aliphatic rings. The average Bonchev–Trinajstić information content (AvgIpc) is 2.92. The third-order valence-electron chi connectivity index (χ3n) is 4.13. The fourth-order valence-electron chi connectivity index (χ4n) is 2.79. The van der Waals surface area contributed by atoms with Gasteiger partial charge in [-0.05, 0) is 41.8 Å². The zero-order chi connectivity index (χ0) is 17.3. The van der Waals surface area contributed by atoms with Crippen LogP contribution in [-0.2, 0) is 11.3 Å². The van der Waals surface area contributed by atoms with Gasteiger partial charge in [0, 0.05) is 11.3 Å². The Kier molecular flexibility index (Phi) is 3.88. The first-order valence-electron chi connectivity index (χ1n) is 7.37. The van der Waals surface area contributed by atoms with Crippen LogP contribution in [0.3, 0.4) is 0 Å². The highest BCUT2D eigenvalue weighted by atomic mass is 16.4. The molecule has 0 unspecified atom stereocenters. The highest BCUT2D eigenvalue weighted by Crippen LogP contribution is 2.29. The number of aliphatic carboxylic acids is 1. The maximum absolute atomic E-state index is 12.5. The normalized spacial score (nSPS) is 14.0. The van der Waals surface area contributed by atoms with E-state index in [-0.39, 0.29) is 11.5 Å². The van der Waals surface area contributed by atoms with Crippen molar-refractivity contribution in [2.45, 2.75) is 13.5 Å². The molecule has 0 aromatic heterocycles. The number of hydrogen-bond acceptors (Lipinski definition) is 3. The predicted octanol–water partition coefficient (Wildman–Crippen LogP) is 3.23. The molecular weight excluding hydrogens is 304 g/mol. The monoisotopic (exact) mass is 318 g/mol. The van der Waals surface area contributed by atoms with Crippen LogP contribution in [0.4, 0.5) is 5.69 Å². The summed E-state index contributed by atoms with van der Waals surface area (Å²) in [6.45, 7) is 2.11. The van der Waals surface area contributed by atoms with Gasteiger partial charge < -0.3 is 10.0 Å². The number of benzene rings is 2. The van der Waals surface area contributed by atoms with E-state index in [0.29, 0.717) is 23.2 Å². The highest BCUT2D eigenvalue weighted by Gasteiger charge is 2.27. The summed E-state index contributed by atoms with van der Waals surface area (Å²) in [5.74, 6) is -1.29. The van der Waals surface area contributed by atoms with Gasteiger partial charge in [-0.3, -0.25) is 4.79 Å². The van der Waals surface area contributed by atoms with E-state index in [1.165, 1.54) is 0 Å². The van der Waals surface area contributed by atoms with Crippen LogP contribution in [0, 0.1) is 11.3 Å². The fourth-order valence-corrected chi connectivity index (χ4v) is 2.79. The largest absolute Gasteiger partial charge is 0.477 e. The molecule has 2 aromatic carbocycles. The Labute approximate surface area is 139 Å². The number of amides is 1. The van der Waals surface area contributed by atoms with Crippen LogP contribution in [0.15, 0.2) is 54.1 Å². The van der Waals surface area contributed by atoms with Crippen molar-refractivity contribution in [1.82, 2.24) is 0 Å². The van der Waals surface area contributed by atoms with E-state index >= 15 is 0 Å². The van der Waals surface area contributed by atoms with Crippen LogP contribution in [0.1, 0.15) is 28.4 Å². The van der Waals surface area contributed by atoms with Crippen molar-refractivity contribution < 1.29 is 14.7 Å². The molecule has 5 nitrogen and oxygen atoms in total. The van der Waals surface area contributed by atoms with Crippen molar-refractivity contribution in [2.24, 2.45) is 0 Å². The molecule has 1 N–H and O–H groups in total. The van der Waals surface area contributed by atoms with Gasteiger partial charge in [0.05, 0.1) is 6.54 Å². The minimum Gasteiger partial charge on any atom is -0.477 e. The van der Waals surface area contributed by atoms with Crippen molar-refractivity contribution in [3.05, 3.63) is 70.8 Å². The van der Waals surface area contributed by atoms with E-state index in [1.54, 1.807) is 42.2 Å². The SMILES string of the molecule is C/C(=C(\C#N)C(=O)O)c1ccc(N2Cc3ccccc3C2=O)cc1. The van der Waals surface area contributed by atoms with Crippen molar-refractivity contribution >= 4 is 23.1 Å². The highest BCUT2D eigenvalue weighted by molar-refractivity contribution is 6.10. The average molecular weight is 318 g/mol. The molecule has 24 heavy (non-hydrogen) atoms. The van der Waals surface area contributed by atoms with Gasteiger partial charge in [0.25, 0.3) is 5.91 Å². The van der Waals surface area contributed by atoms with Crippen molar-refractivity contribution in [3.8, 4) is 6.07 Å². The number of nitrogens with zero attached hydrogens (tertiary/aromatic N) is 2. The molecule has 0 bridgehead atoms. The number of carbonyl (C=O) groups excluding carboxylic acids is 1. The van der Waals surface area contributed by atoms with E-state index in [1.807, 2.05) is 24.3 Å². The summed E-state index contributed by atoms with van der Waals surface area (Å²) < 4.78 is 0. The molecule has 1 heterocycles. The fraction of sp³-hybridized carbons (Fsp3) is 0.105. The standard InChI is InChI=1S/C19H14N2O3/c1-12(17(10-20)19(23)24)13-6-8-15(9-7-13)21-11-14-4-2-3-5-16(14)18(21)22/h2-9H,11H2,1H3,(H,23,24)/b17-12-. The molecule has 118 valence electrons. The maximum atomic E-state index is 12.5. The predicted molar refractivity (Wildman–Crippen MR) is 89.2 cm³/mol. The van der Waals surface area contributed by atoms with Gasteiger partial charge in [0.15, 0.2) is 0 Å². The van der Waals surface area contributed by atoms with Crippen molar-refractivity contribution in [3.63, 3.8) is 0 Å². The molecule has 0 atom stereocenters. The summed E-state index contributed by atoms with van der Waals surface area (Å²) in [4.78, 5) is 25.2. The lowest BCUT2D eigenvalue weighted by molar-refractivity contribution is -0.132. The second-order valence-corrected chi connectivity index (χ2v) is 5.51. The number of carboxylic acid groups (broad SMARTS) is 1. The van der Waals surface area contributed by atoms with E-state index in [9.17, 15) is 9.59 Å². The van der Waals surface area contributed by atoms with Crippen molar-refractivity contribution in [2.75, 3.05) is 4.90 Å². The summed E-state index contributed by atoms with van der Waals surface area (Å²) in [6.07, 6.45) is 0. The minimum atomic E-state index is -1.25. The molecule has 3 rings (SSSR count). The van der Waals surface area contributed by atoms with E-state index in [0.717, 1.165) is 11.3 Å². The Morgan fingerprint density at radius 3 is 2.42 bits per heavy atom. The molecule has 1 aliphatic heterocycles. The quantitative estimate of drug-likeness (QED) is 0.696. The number of nitriles is 1. The van der Waals surface area contributed by atoms with Crippen molar-refractivity contribution in [1.29, 1.82) is 5.26 Å². The summed E-state index contributed by atoms with van der Waals surface area (Å²) >= 11 is 0. The zero-order valence-corrected chi connectivity index (χ0v) is 13.0. The third kappa shape index (κ3) is 2.55. The van der Waals surface area contributed by atoms with Crippen LogP contribution >= 0.6 is 0 Å². The number of allylic oxidation sites excluding steroid dienone is 1. The third-order valence-corrected chi connectivity index (χ3v) is 4.13. The van der Waals surface area contributed by atoms with Crippen LogP contribution in [0.25, 0.3) is 5.57 Å². The summed E-state index contributed by atoms with van der Waals surface area (Å²) in [5, 5.41) is 18.0. The van der Waals surface area contributed by atoms with Gasteiger partial charge in [-0.1, -0.05) is 30.3 Å². The molecule has 0 radical (unpaired) electrons. The van der Waals surface area contributed by atoms with Gasteiger partial charge in [0.1, 0.15) is 11.6 Å². The van der Waals surface area contributed by atoms with E-state index < -0.39 is 5.97 Å². The Morgan fingerprint density at radius 2 is 1.83 bits per heavy atom. The molecule has 0 fully saturated rings. The lowest BCUT2D eigenvalue weighted by Crippen LogP contribution is -2.22. The second-order valence-electron chi connectivity index (χ2n) is 5.51. The van der Waals surface area contributed by atoms with E-state index in [4.69, 9.17) is 10.4 Å². The van der Waals surface area contributed by atoms with Crippen LogP contribution in [0.5, 0.6) is 0 Å². The number of fused-ring (bicyclic) bond motifs is 1. The Hall–Kier alpha value is -3.39. The lowest BCUT2D eigenvalue weighted by atomic mass is 10.0. The Morgan fingerprint density at radius 1 is 1.17 bits per heavy atom. The number of rotatable bonds is 3. The smallest absolute Gasteiger partial charge is 0.346 e. The summed E-state index contributed by atoms with van der Waals surface area (Å²) in [5.41, 5.74) is 3.18. The molecule has 0 saturated heterocycles. The first-order chi connectivity index (χ1) is 11.5. The van der Waals surface area contributed by atoms with Gasteiger partial charge in [0.2, 0.25) is 0 Å². The van der Waals surface area contributed by atoms with Crippen LogP contribution < -0.4 is 4.90 Å². The zero-order valence-electron chi connectivity index (χ0n) is 13.0. The molecular formula is C19H14N2O3. The summed E-state index contributed by atoms with van der Waals surface area (Å²) in [7, 11) is 0. The number of carboxylic acids is 1. The van der Waals surface area contributed by atoms with Gasteiger partial charge in [-0.2, -0.15) is 5.26 Å². The molecule has 5 heteroatoms. The molecule has 0 aliphatic carbocycles. The Balaban J connectivity index is 1.91. The van der Waals surface area contributed by atoms with E-state index in [2.05, 4.69) is 0 Å². The Bertz CT molecular complexity index is 905. The number of hydrogen-bond donors (Lipinski definition) is 1. The molecule has 0 saturated carbocycles.